The number of hydrogen-bond acceptors (Lipinski definition) is 2. The Kier molecular flexibility index (Phi) is 4.07. The van der Waals surface area contributed by atoms with Gasteiger partial charge in [-0.3, -0.25) is 4.79 Å². The molecule has 88 valence electrons. The molecule has 1 rings (SSSR count). The summed E-state index contributed by atoms with van der Waals surface area (Å²) in [6.45, 7) is 6.22. The van der Waals surface area contributed by atoms with E-state index in [2.05, 4.69) is 0 Å². The van der Waals surface area contributed by atoms with Gasteiger partial charge in [0.25, 0.3) is 0 Å². The first-order chi connectivity index (χ1) is 7.41. The SMILES string of the molecule is CC(C)(C)[C@H](OCc1ccccc1)C(N)=O. The largest absolute Gasteiger partial charge is 0.367 e. The van der Waals surface area contributed by atoms with E-state index in [-0.39, 0.29) is 5.41 Å². The molecule has 0 spiro atoms. The van der Waals surface area contributed by atoms with Crippen LogP contribution in [0.25, 0.3) is 0 Å². The van der Waals surface area contributed by atoms with Gasteiger partial charge < -0.3 is 10.5 Å². The van der Waals surface area contributed by atoms with Crippen LogP contribution in [0.15, 0.2) is 30.3 Å². The van der Waals surface area contributed by atoms with Crippen LogP contribution in [0.2, 0.25) is 0 Å². The minimum atomic E-state index is -0.562. The van der Waals surface area contributed by atoms with Crippen LogP contribution in [-0.2, 0) is 16.1 Å². The first-order valence-electron chi connectivity index (χ1n) is 5.36. The van der Waals surface area contributed by atoms with E-state index in [1.165, 1.54) is 0 Å². The maximum absolute atomic E-state index is 11.3. The zero-order valence-corrected chi connectivity index (χ0v) is 10.1. The second-order valence-corrected chi connectivity index (χ2v) is 4.95. The summed E-state index contributed by atoms with van der Waals surface area (Å²) < 4.78 is 5.58. The highest BCUT2D eigenvalue weighted by Gasteiger charge is 2.30. The Hall–Kier alpha value is -1.35. The maximum Gasteiger partial charge on any atom is 0.247 e. The van der Waals surface area contributed by atoms with E-state index < -0.39 is 12.0 Å². The Morgan fingerprint density at radius 3 is 2.31 bits per heavy atom. The number of primary amides is 1. The van der Waals surface area contributed by atoms with Crippen LogP contribution in [0.1, 0.15) is 26.3 Å². The third kappa shape index (κ3) is 3.66. The molecular weight excluding hydrogens is 202 g/mol. The number of hydrogen-bond donors (Lipinski definition) is 1. The fourth-order valence-corrected chi connectivity index (χ4v) is 1.51. The molecule has 16 heavy (non-hydrogen) atoms. The van der Waals surface area contributed by atoms with Crippen molar-refractivity contribution in [2.75, 3.05) is 0 Å². The summed E-state index contributed by atoms with van der Waals surface area (Å²) in [6, 6.07) is 9.74. The zero-order chi connectivity index (χ0) is 12.2. The molecular formula is C13H19NO2. The topological polar surface area (TPSA) is 52.3 Å². The molecule has 0 heterocycles. The Bertz CT molecular complexity index is 341. The molecule has 3 heteroatoms. The van der Waals surface area contributed by atoms with E-state index in [1.54, 1.807) is 0 Å². The number of nitrogens with two attached hydrogens (primary N) is 1. The standard InChI is InChI=1S/C13H19NO2/c1-13(2,3)11(12(14)15)16-9-10-7-5-4-6-8-10/h4-8,11H,9H2,1-3H3,(H2,14,15)/t11-/m1/s1. The highest BCUT2D eigenvalue weighted by molar-refractivity contribution is 5.79. The molecule has 1 amide bonds. The minimum Gasteiger partial charge on any atom is -0.367 e. The lowest BCUT2D eigenvalue weighted by Crippen LogP contribution is -2.41. The fraction of sp³-hybridized carbons (Fsp3) is 0.462. The highest BCUT2D eigenvalue weighted by Crippen LogP contribution is 2.23. The Morgan fingerprint density at radius 1 is 1.31 bits per heavy atom. The van der Waals surface area contributed by atoms with Crippen molar-refractivity contribution in [2.45, 2.75) is 33.5 Å². The summed E-state index contributed by atoms with van der Waals surface area (Å²) in [5.41, 5.74) is 6.09. The lowest BCUT2D eigenvalue weighted by atomic mass is 9.88. The number of ether oxygens (including phenoxy) is 1. The molecule has 0 aliphatic heterocycles. The van der Waals surface area contributed by atoms with Crippen molar-refractivity contribution in [1.29, 1.82) is 0 Å². The predicted octanol–water partition coefficient (Wildman–Crippen LogP) is 2.10. The van der Waals surface area contributed by atoms with Crippen molar-refractivity contribution in [3.63, 3.8) is 0 Å². The summed E-state index contributed by atoms with van der Waals surface area (Å²) >= 11 is 0. The summed E-state index contributed by atoms with van der Waals surface area (Å²) in [5.74, 6) is -0.413. The normalized spacial score (nSPS) is 13.4. The average molecular weight is 221 g/mol. The van der Waals surface area contributed by atoms with Crippen molar-refractivity contribution in [3.8, 4) is 0 Å². The van der Waals surface area contributed by atoms with E-state index in [0.717, 1.165) is 5.56 Å². The molecule has 0 fully saturated rings. The van der Waals surface area contributed by atoms with E-state index in [0.29, 0.717) is 6.61 Å². The molecule has 0 saturated heterocycles. The van der Waals surface area contributed by atoms with E-state index in [9.17, 15) is 4.79 Å². The van der Waals surface area contributed by atoms with Gasteiger partial charge >= 0.3 is 0 Å². The minimum absolute atomic E-state index is 0.277. The first-order valence-corrected chi connectivity index (χ1v) is 5.36. The quantitative estimate of drug-likeness (QED) is 0.846. The van der Waals surface area contributed by atoms with Gasteiger partial charge in [0.1, 0.15) is 6.10 Å². The lowest BCUT2D eigenvalue weighted by Gasteiger charge is -2.27. The molecule has 0 aliphatic rings. The second kappa shape index (κ2) is 5.12. The fourth-order valence-electron chi connectivity index (χ4n) is 1.51. The van der Waals surface area contributed by atoms with Gasteiger partial charge in [-0.1, -0.05) is 51.1 Å². The van der Waals surface area contributed by atoms with Crippen molar-refractivity contribution in [3.05, 3.63) is 35.9 Å². The number of amides is 1. The summed E-state index contributed by atoms with van der Waals surface area (Å²) in [6.07, 6.45) is -0.562. The van der Waals surface area contributed by atoms with E-state index >= 15 is 0 Å². The number of rotatable bonds is 4. The lowest BCUT2D eigenvalue weighted by molar-refractivity contribution is -0.137. The van der Waals surface area contributed by atoms with Crippen molar-refractivity contribution in [1.82, 2.24) is 0 Å². The molecule has 0 radical (unpaired) electrons. The van der Waals surface area contributed by atoms with Crippen LogP contribution < -0.4 is 5.73 Å². The van der Waals surface area contributed by atoms with Gasteiger partial charge in [-0.2, -0.15) is 0 Å². The maximum atomic E-state index is 11.3. The number of carbonyl (C=O) groups excluding carboxylic acids is 1. The molecule has 2 N–H and O–H groups in total. The molecule has 0 saturated carbocycles. The molecule has 0 aliphatic carbocycles. The summed E-state index contributed by atoms with van der Waals surface area (Å²) in [7, 11) is 0. The molecule has 0 aromatic heterocycles. The van der Waals surface area contributed by atoms with Crippen LogP contribution in [0.4, 0.5) is 0 Å². The number of carbonyl (C=O) groups is 1. The van der Waals surface area contributed by atoms with Gasteiger partial charge in [0, 0.05) is 0 Å². The van der Waals surface area contributed by atoms with Crippen molar-refractivity contribution in [2.24, 2.45) is 11.1 Å². The molecule has 1 aromatic carbocycles. The monoisotopic (exact) mass is 221 g/mol. The van der Waals surface area contributed by atoms with E-state index in [1.807, 2.05) is 51.1 Å². The molecule has 1 atom stereocenters. The third-order valence-electron chi connectivity index (χ3n) is 2.30. The Morgan fingerprint density at radius 2 is 1.88 bits per heavy atom. The summed E-state index contributed by atoms with van der Waals surface area (Å²) in [5, 5.41) is 0. The van der Waals surface area contributed by atoms with Crippen molar-refractivity contribution < 1.29 is 9.53 Å². The summed E-state index contributed by atoms with van der Waals surface area (Å²) in [4.78, 5) is 11.3. The van der Waals surface area contributed by atoms with Gasteiger partial charge in [0.15, 0.2) is 0 Å². The van der Waals surface area contributed by atoms with Gasteiger partial charge in [0.2, 0.25) is 5.91 Å². The van der Waals surface area contributed by atoms with Crippen LogP contribution in [0.3, 0.4) is 0 Å². The third-order valence-corrected chi connectivity index (χ3v) is 2.30. The van der Waals surface area contributed by atoms with Gasteiger partial charge in [-0.15, -0.1) is 0 Å². The molecule has 0 unspecified atom stereocenters. The van der Waals surface area contributed by atoms with Crippen LogP contribution in [-0.4, -0.2) is 12.0 Å². The zero-order valence-electron chi connectivity index (χ0n) is 10.1. The number of benzene rings is 1. The van der Waals surface area contributed by atoms with Gasteiger partial charge in [0.05, 0.1) is 6.61 Å². The predicted molar refractivity (Wildman–Crippen MR) is 63.7 cm³/mol. The Labute approximate surface area is 96.6 Å². The van der Waals surface area contributed by atoms with Gasteiger partial charge in [-0.05, 0) is 11.0 Å². The smallest absolute Gasteiger partial charge is 0.247 e. The average Bonchev–Trinajstić information content (AvgIpc) is 2.17. The van der Waals surface area contributed by atoms with Crippen LogP contribution >= 0.6 is 0 Å². The van der Waals surface area contributed by atoms with Crippen LogP contribution in [0, 0.1) is 5.41 Å². The van der Waals surface area contributed by atoms with Gasteiger partial charge in [-0.25, -0.2) is 0 Å². The molecule has 3 nitrogen and oxygen atoms in total. The first kappa shape index (κ1) is 12.7. The highest BCUT2D eigenvalue weighted by atomic mass is 16.5. The Balaban J connectivity index is 2.62. The van der Waals surface area contributed by atoms with Crippen LogP contribution in [0.5, 0.6) is 0 Å². The second-order valence-electron chi connectivity index (χ2n) is 4.95. The van der Waals surface area contributed by atoms with E-state index in [4.69, 9.17) is 10.5 Å². The molecule has 1 aromatic rings. The molecule has 0 bridgehead atoms. The van der Waals surface area contributed by atoms with Crippen molar-refractivity contribution >= 4 is 5.91 Å².